The van der Waals surface area contributed by atoms with Crippen LogP contribution in [0, 0.1) is 5.92 Å². The number of rotatable bonds is 0. The molecule has 0 bridgehead atoms. The monoisotopic (exact) mass is 159 g/mol. The Morgan fingerprint density at radius 2 is 2.17 bits per heavy atom. The van der Waals surface area contributed by atoms with Crippen molar-refractivity contribution in [3.8, 4) is 0 Å². The standard InChI is InChI=1S/C11H13N/c1-9-6-10-4-2-3-5-11(10)8-12-7-9/h2-5,8-9H,6-7H2,1H3. The molecule has 1 aliphatic rings. The van der Waals surface area contributed by atoms with Crippen molar-refractivity contribution in [3.63, 3.8) is 0 Å². The van der Waals surface area contributed by atoms with E-state index < -0.39 is 0 Å². The van der Waals surface area contributed by atoms with Crippen LogP contribution in [0.25, 0.3) is 0 Å². The molecular formula is C11H13N. The van der Waals surface area contributed by atoms with Crippen LogP contribution < -0.4 is 0 Å². The van der Waals surface area contributed by atoms with E-state index in [0.29, 0.717) is 5.92 Å². The molecule has 0 aliphatic carbocycles. The quantitative estimate of drug-likeness (QED) is 0.550. The van der Waals surface area contributed by atoms with Gasteiger partial charge >= 0.3 is 0 Å². The second kappa shape index (κ2) is 3.10. The first-order chi connectivity index (χ1) is 5.86. The van der Waals surface area contributed by atoms with Crippen molar-refractivity contribution in [2.45, 2.75) is 13.3 Å². The van der Waals surface area contributed by atoms with Crippen LogP contribution in [0.15, 0.2) is 29.3 Å². The summed E-state index contributed by atoms with van der Waals surface area (Å²) < 4.78 is 0. The SMILES string of the molecule is CC1CN=Cc2ccccc2C1. The fourth-order valence-corrected chi connectivity index (χ4v) is 1.62. The molecule has 62 valence electrons. The zero-order valence-corrected chi connectivity index (χ0v) is 7.33. The molecule has 1 aromatic carbocycles. The van der Waals surface area contributed by atoms with E-state index in [9.17, 15) is 0 Å². The van der Waals surface area contributed by atoms with Gasteiger partial charge in [0.1, 0.15) is 0 Å². The normalized spacial score (nSPS) is 21.6. The number of aliphatic imine (C=N–C) groups is 1. The average Bonchev–Trinajstić information content (AvgIpc) is 2.25. The maximum atomic E-state index is 4.37. The fraction of sp³-hybridized carbons (Fsp3) is 0.364. The zero-order chi connectivity index (χ0) is 8.39. The van der Waals surface area contributed by atoms with Gasteiger partial charge in [-0.1, -0.05) is 31.2 Å². The van der Waals surface area contributed by atoms with E-state index in [4.69, 9.17) is 0 Å². The predicted octanol–water partition coefficient (Wildman–Crippen LogP) is 2.30. The first-order valence-electron chi connectivity index (χ1n) is 4.44. The molecule has 1 heterocycles. The van der Waals surface area contributed by atoms with Crippen LogP contribution in [0.1, 0.15) is 18.1 Å². The van der Waals surface area contributed by atoms with Gasteiger partial charge in [0.2, 0.25) is 0 Å². The number of fused-ring (bicyclic) bond motifs is 1. The van der Waals surface area contributed by atoms with E-state index in [0.717, 1.165) is 13.0 Å². The minimum Gasteiger partial charge on any atom is -0.292 e. The van der Waals surface area contributed by atoms with E-state index in [1.165, 1.54) is 11.1 Å². The van der Waals surface area contributed by atoms with E-state index in [2.05, 4.69) is 36.2 Å². The Bertz CT molecular complexity index is 302. The van der Waals surface area contributed by atoms with Crippen LogP contribution in [0.2, 0.25) is 0 Å². The lowest BCUT2D eigenvalue weighted by molar-refractivity contribution is 0.600. The van der Waals surface area contributed by atoms with Crippen molar-refractivity contribution in [1.82, 2.24) is 0 Å². The van der Waals surface area contributed by atoms with Crippen LogP contribution >= 0.6 is 0 Å². The Labute approximate surface area is 73.1 Å². The molecule has 0 amide bonds. The number of hydrogen-bond acceptors (Lipinski definition) is 1. The van der Waals surface area contributed by atoms with Gasteiger partial charge in [-0.3, -0.25) is 4.99 Å². The van der Waals surface area contributed by atoms with Gasteiger partial charge in [-0.2, -0.15) is 0 Å². The second-order valence-electron chi connectivity index (χ2n) is 3.50. The summed E-state index contributed by atoms with van der Waals surface area (Å²) in [6, 6.07) is 8.51. The number of hydrogen-bond donors (Lipinski definition) is 0. The maximum absolute atomic E-state index is 4.37. The topological polar surface area (TPSA) is 12.4 Å². The highest BCUT2D eigenvalue weighted by atomic mass is 14.7. The van der Waals surface area contributed by atoms with Crippen molar-refractivity contribution >= 4 is 6.21 Å². The number of benzene rings is 1. The molecule has 1 aromatic rings. The van der Waals surface area contributed by atoms with Gasteiger partial charge in [0, 0.05) is 12.8 Å². The van der Waals surface area contributed by atoms with Gasteiger partial charge in [-0.25, -0.2) is 0 Å². The highest BCUT2D eigenvalue weighted by Gasteiger charge is 2.08. The number of nitrogens with zero attached hydrogens (tertiary/aromatic N) is 1. The highest BCUT2D eigenvalue weighted by molar-refractivity contribution is 5.82. The smallest absolute Gasteiger partial charge is 0.0418 e. The summed E-state index contributed by atoms with van der Waals surface area (Å²) in [6.07, 6.45) is 3.16. The lowest BCUT2D eigenvalue weighted by Crippen LogP contribution is -2.01. The lowest BCUT2D eigenvalue weighted by Gasteiger charge is -2.06. The Morgan fingerprint density at radius 1 is 1.33 bits per heavy atom. The molecule has 0 spiro atoms. The Morgan fingerprint density at radius 3 is 3.08 bits per heavy atom. The first-order valence-corrected chi connectivity index (χ1v) is 4.44. The molecule has 0 radical (unpaired) electrons. The molecule has 1 nitrogen and oxygen atoms in total. The summed E-state index contributed by atoms with van der Waals surface area (Å²) in [5.41, 5.74) is 2.73. The minimum atomic E-state index is 0.685. The van der Waals surface area contributed by atoms with E-state index >= 15 is 0 Å². The van der Waals surface area contributed by atoms with Gasteiger partial charge in [-0.05, 0) is 23.5 Å². The molecule has 0 N–H and O–H groups in total. The van der Waals surface area contributed by atoms with E-state index in [-0.39, 0.29) is 0 Å². The summed E-state index contributed by atoms with van der Waals surface area (Å²) in [7, 11) is 0. The molecule has 0 saturated carbocycles. The molecule has 1 heteroatoms. The zero-order valence-electron chi connectivity index (χ0n) is 7.33. The Hall–Kier alpha value is -1.11. The Kier molecular flexibility index (Phi) is 1.94. The van der Waals surface area contributed by atoms with Crippen LogP contribution in [0.5, 0.6) is 0 Å². The summed E-state index contributed by atoms with van der Waals surface area (Å²) in [4.78, 5) is 4.37. The molecule has 0 saturated heterocycles. The van der Waals surface area contributed by atoms with Crippen molar-refractivity contribution < 1.29 is 0 Å². The summed E-state index contributed by atoms with van der Waals surface area (Å²) in [5.74, 6) is 0.685. The van der Waals surface area contributed by atoms with Crippen LogP contribution in [0.3, 0.4) is 0 Å². The molecule has 2 rings (SSSR count). The molecule has 1 unspecified atom stereocenters. The largest absolute Gasteiger partial charge is 0.292 e. The van der Waals surface area contributed by atoms with Gasteiger partial charge in [0.15, 0.2) is 0 Å². The lowest BCUT2D eigenvalue weighted by atomic mass is 9.99. The third-order valence-corrected chi connectivity index (χ3v) is 2.27. The van der Waals surface area contributed by atoms with Crippen molar-refractivity contribution in [2.24, 2.45) is 10.9 Å². The minimum absolute atomic E-state index is 0.685. The molecule has 1 atom stereocenters. The van der Waals surface area contributed by atoms with Crippen molar-refractivity contribution in [2.75, 3.05) is 6.54 Å². The molecule has 12 heavy (non-hydrogen) atoms. The van der Waals surface area contributed by atoms with E-state index in [1.807, 2.05) is 6.21 Å². The van der Waals surface area contributed by atoms with Crippen LogP contribution in [-0.2, 0) is 6.42 Å². The first kappa shape index (κ1) is 7.53. The summed E-state index contributed by atoms with van der Waals surface area (Å²) in [6.45, 7) is 3.22. The van der Waals surface area contributed by atoms with Gasteiger partial charge in [-0.15, -0.1) is 0 Å². The molecule has 0 aromatic heterocycles. The third-order valence-electron chi connectivity index (χ3n) is 2.27. The Balaban J connectivity index is 2.41. The maximum Gasteiger partial charge on any atom is 0.0418 e. The second-order valence-corrected chi connectivity index (χ2v) is 3.50. The van der Waals surface area contributed by atoms with Crippen molar-refractivity contribution in [1.29, 1.82) is 0 Å². The molecule has 0 fully saturated rings. The third kappa shape index (κ3) is 1.40. The van der Waals surface area contributed by atoms with Gasteiger partial charge in [0.25, 0.3) is 0 Å². The van der Waals surface area contributed by atoms with Crippen LogP contribution in [-0.4, -0.2) is 12.8 Å². The van der Waals surface area contributed by atoms with Gasteiger partial charge in [0.05, 0.1) is 0 Å². The van der Waals surface area contributed by atoms with Gasteiger partial charge < -0.3 is 0 Å². The van der Waals surface area contributed by atoms with Crippen LogP contribution in [0.4, 0.5) is 0 Å². The molecular weight excluding hydrogens is 146 g/mol. The molecule has 1 aliphatic heterocycles. The highest BCUT2D eigenvalue weighted by Crippen LogP contribution is 2.15. The summed E-state index contributed by atoms with van der Waals surface area (Å²) >= 11 is 0. The van der Waals surface area contributed by atoms with Crippen molar-refractivity contribution in [3.05, 3.63) is 35.4 Å². The summed E-state index contributed by atoms with van der Waals surface area (Å²) in [5, 5.41) is 0. The fourth-order valence-electron chi connectivity index (χ4n) is 1.62. The van der Waals surface area contributed by atoms with E-state index in [1.54, 1.807) is 0 Å². The average molecular weight is 159 g/mol. The predicted molar refractivity (Wildman–Crippen MR) is 51.8 cm³/mol.